The topological polar surface area (TPSA) is 89.4 Å². The Labute approximate surface area is 191 Å². The van der Waals surface area contributed by atoms with Crippen LogP contribution in [0.4, 0.5) is 4.39 Å². The molecule has 0 saturated carbocycles. The van der Waals surface area contributed by atoms with E-state index in [-0.39, 0.29) is 39.7 Å². The van der Waals surface area contributed by atoms with Gasteiger partial charge in [0.2, 0.25) is 5.43 Å². The molecule has 1 aliphatic heterocycles. The van der Waals surface area contributed by atoms with Crippen LogP contribution >= 0.6 is 0 Å². The number of fused-ring (bicyclic) bond motifs is 4. The number of aromatic amines is 1. The van der Waals surface area contributed by atoms with E-state index in [0.717, 1.165) is 5.39 Å². The predicted molar refractivity (Wildman–Crippen MR) is 125 cm³/mol. The first-order valence-electron chi connectivity index (χ1n) is 10.7. The van der Waals surface area contributed by atoms with Gasteiger partial charge in [-0.15, -0.1) is 0 Å². The Hall–Kier alpha value is -4.52. The molecule has 3 aromatic carbocycles. The zero-order valence-corrected chi connectivity index (χ0v) is 17.6. The number of ether oxygens (including phenoxy) is 1. The number of pyridine rings is 1. The fourth-order valence-corrected chi connectivity index (χ4v) is 4.57. The Morgan fingerprint density at radius 3 is 2.56 bits per heavy atom. The van der Waals surface area contributed by atoms with Crippen molar-refractivity contribution in [3.63, 3.8) is 0 Å². The average Bonchev–Trinajstić information content (AvgIpc) is 2.84. The zero-order valence-electron chi connectivity index (χ0n) is 17.6. The van der Waals surface area contributed by atoms with E-state index in [1.165, 1.54) is 36.6 Å². The number of para-hydroxylation sites is 1. The average molecular weight is 453 g/mol. The van der Waals surface area contributed by atoms with E-state index < -0.39 is 17.7 Å². The first-order valence-corrected chi connectivity index (χ1v) is 10.7. The molecule has 3 heterocycles. The molecule has 1 atom stereocenters. The van der Waals surface area contributed by atoms with Gasteiger partial charge in [-0.05, 0) is 47.3 Å². The molecular weight excluding hydrogens is 437 g/mol. The molecule has 2 aromatic heterocycles. The molecule has 34 heavy (non-hydrogen) atoms. The summed E-state index contributed by atoms with van der Waals surface area (Å²) >= 11 is 0. The molecule has 0 unspecified atom stereocenters. The monoisotopic (exact) mass is 453 g/mol. The molecule has 6 nitrogen and oxygen atoms in total. The second-order valence-corrected chi connectivity index (χ2v) is 8.21. The van der Waals surface area contributed by atoms with Gasteiger partial charge in [0.15, 0.2) is 0 Å². The van der Waals surface area contributed by atoms with Crippen molar-refractivity contribution in [1.29, 1.82) is 0 Å². The molecule has 1 N–H and O–H groups in total. The third-order valence-corrected chi connectivity index (χ3v) is 6.20. The third kappa shape index (κ3) is 3.13. The summed E-state index contributed by atoms with van der Waals surface area (Å²) in [5, 5.41) is 1.10. The van der Waals surface area contributed by atoms with Gasteiger partial charge in [0, 0.05) is 22.6 Å². The molecule has 6 rings (SSSR count). The van der Waals surface area contributed by atoms with Gasteiger partial charge >= 0.3 is 5.97 Å². The van der Waals surface area contributed by atoms with Gasteiger partial charge in [0.1, 0.15) is 23.4 Å². The number of carbonyl (C=O) groups excluding carboxylic acids is 1. The number of rotatable bonds is 2. The number of hydrogen-bond acceptors (Lipinski definition) is 5. The van der Waals surface area contributed by atoms with Crippen molar-refractivity contribution in [3.05, 3.63) is 111 Å². The Morgan fingerprint density at radius 1 is 0.941 bits per heavy atom. The quantitative estimate of drug-likeness (QED) is 0.304. The van der Waals surface area contributed by atoms with Gasteiger partial charge in [-0.25, -0.2) is 4.39 Å². The highest BCUT2D eigenvalue weighted by Gasteiger charge is 2.33. The van der Waals surface area contributed by atoms with Gasteiger partial charge in [-0.3, -0.25) is 14.4 Å². The van der Waals surface area contributed by atoms with E-state index in [1.54, 1.807) is 18.2 Å². The van der Waals surface area contributed by atoms with Crippen LogP contribution in [-0.4, -0.2) is 11.0 Å². The van der Waals surface area contributed by atoms with Gasteiger partial charge in [0.25, 0.3) is 5.56 Å². The molecule has 0 saturated heterocycles. The van der Waals surface area contributed by atoms with Crippen molar-refractivity contribution >= 4 is 27.8 Å². The van der Waals surface area contributed by atoms with Crippen LogP contribution in [0.25, 0.3) is 33.0 Å². The Kier molecular flexibility index (Phi) is 4.45. The van der Waals surface area contributed by atoms with E-state index in [4.69, 9.17) is 9.15 Å². The summed E-state index contributed by atoms with van der Waals surface area (Å²) in [6.45, 7) is 0. The molecule has 1 aliphatic rings. The van der Waals surface area contributed by atoms with Crippen LogP contribution in [0.2, 0.25) is 0 Å². The Balaban J connectivity index is 1.59. The van der Waals surface area contributed by atoms with Crippen molar-refractivity contribution in [2.75, 3.05) is 0 Å². The highest BCUT2D eigenvalue weighted by atomic mass is 19.1. The minimum atomic E-state index is -0.659. The van der Waals surface area contributed by atoms with Crippen molar-refractivity contribution in [3.8, 4) is 16.9 Å². The van der Waals surface area contributed by atoms with Crippen LogP contribution in [0.5, 0.6) is 5.75 Å². The standard InChI is InChI=1S/C27H16FNO5/c28-16-7-5-14(6-8-16)20-13-33-26-17(25(20)31)9-10-22-24(26)18(12-23(30)34-22)19-11-15-3-1-2-4-21(15)29-27(19)32/h1-11,13,18H,12H2,(H,29,32)/t18-/m1/s1. The SMILES string of the molecule is O=C1C[C@H](c2cc3ccccc3[nH]c2=O)c2c(ccc3c(=O)c(-c4ccc(F)cc4)coc23)O1. The largest absolute Gasteiger partial charge is 0.463 e. The lowest BCUT2D eigenvalue weighted by Gasteiger charge is -2.25. The number of esters is 1. The molecule has 0 radical (unpaired) electrons. The number of hydrogen-bond donors (Lipinski definition) is 1. The number of aromatic nitrogens is 1. The lowest BCUT2D eigenvalue weighted by Crippen LogP contribution is -2.26. The maximum absolute atomic E-state index is 13.3. The lowest BCUT2D eigenvalue weighted by molar-refractivity contribution is -0.135. The van der Waals surface area contributed by atoms with Crippen molar-refractivity contribution < 1.29 is 18.3 Å². The second kappa shape index (κ2) is 7.52. The highest BCUT2D eigenvalue weighted by Crippen LogP contribution is 2.42. The van der Waals surface area contributed by atoms with E-state index >= 15 is 0 Å². The minimum absolute atomic E-state index is 0.0725. The van der Waals surface area contributed by atoms with Crippen LogP contribution in [0.3, 0.4) is 0 Å². The lowest BCUT2D eigenvalue weighted by atomic mass is 9.85. The van der Waals surface area contributed by atoms with Crippen molar-refractivity contribution in [2.24, 2.45) is 0 Å². The predicted octanol–water partition coefficient (Wildman–Crippen LogP) is 4.88. The van der Waals surface area contributed by atoms with Gasteiger partial charge in [0.05, 0.1) is 17.4 Å². The van der Waals surface area contributed by atoms with Crippen LogP contribution in [0.1, 0.15) is 23.5 Å². The van der Waals surface area contributed by atoms with E-state index in [0.29, 0.717) is 22.2 Å². The number of halogens is 1. The molecule has 5 aromatic rings. The first kappa shape index (κ1) is 20.1. The van der Waals surface area contributed by atoms with Crippen LogP contribution in [0.15, 0.2) is 87.0 Å². The summed E-state index contributed by atoms with van der Waals surface area (Å²) in [6.07, 6.45) is 1.24. The minimum Gasteiger partial charge on any atom is -0.463 e. The molecule has 0 aliphatic carbocycles. The Bertz CT molecular complexity index is 1730. The number of carbonyl (C=O) groups is 1. The van der Waals surface area contributed by atoms with Gasteiger partial charge < -0.3 is 14.1 Å². The summed E-state index contributed by atoms with van der Waals surface area (Å²) in [4.78, 5) is 41.6. The van der Waals surface area contributed by atoms with E-state index in [1.807, 2.05) is 18.2 Å². The second-order valence-electron chi connectivity index (χ2n) is 8.21. The molecule has 0 amide bonds. The van der Waals surface area contributed by atoms with Crippen molar-refractivity contribution in [2.45, 2.75) is 12.3 Å². The molecule has 166 valence electrons. The van der Waals surface area contributed by atoms with Crippen LogP contribution < -0.4 is 15.7 Å². The molecule has 7 heteroatoms. The van der Waals surface area contributed by atoms with Gasteiger partial charge in [-0.2, -0.15) is 0 Å². The maximum atomic E-state index is 13.3. The molecular formula is C27H16FNO5. The van der Waals surface area contributed by atoms with E-state index in [9.17, 15) is 18.8 Å². The fourth-order valence-electron chi connectivity index (χ4n) is 4.57. The van der Waals surface area contributed by atoms with E-state index in [2.05, 4.69) is 4.98 Å². The van der Waals surface area contributed by atoms with Crippen LogP contribution in [0, 0.1) is 5.82 Å². The summed E-state index contributed by atoms with van der Waals surface area (Å²) in [5.41, 5.74) is 1.95. The number of H-pyrrole nitrogens is 1. The number of nitrogens with one attached hydrogen (secondary N) is 1. The molecule has 0 spiro atoms. The first-order chi connectivity index (χ1) is 16.5. The fraction of sp³-hybridized carbons (Fsp3) is 0.0741. The highest BCUT2D eigenvalue weighted by molar-refractivity contribution is 5.90. The Morgan fingerprint density at radius 2 is 1.74 bits per heavy atom. The number of benzene rings is 3. The summed E-state index contributed by atoms with van der Waals surface area (Å²) in [7, 11) is 0. The summed E-state index contributed by atoms with van der Waals surface area (Å²) in [6, 6.07) is 17.7. The zero-order chi connectivity index (χ0) is 23.4. The molecule has 0 bridgehead atoms. The smallest absolute Gasteiger partial charge is 0.312 e. The molecule has 0 fully saturated rings. The van der Waals surface area contributed by atoms with Crippen LogP contribution in [-0.2, 0) is 4.79 Å². The van der Waals surface area contributed by atoms with Crippen molar-refractivity contribution in [1.82, 2.24) is 4.98 Å². The summed E-state index contributed by atoms with van der Waals surface area (Å²) < 4.78 is 24.7. The normalized spacial score (nSPS) is 15.3. The third-order valence-electron chi connectivity index (χ3n) is 6.20. The maximum Gasteiger partial charge on any atom is 0.312 e. The summed E-state index contributed by atoms with van der Waals surface area (Å²) in [5.74, 6) is -1.30. The van der Waals surface area contributed by atoms with Gasteiger partial charge in [-0.1, -0.05) is 30.3 Å².